The molecule has 0 fully saturated rings. The molecule has 0 radical (unpaired) electrons. The average Bonchev–Trinajstić information content (AvgIpc) is 2.44. The Hall–Kier alpha value is -1.52. The van der Waals surface area contributed by atoms with Crippen LogP contribution in [0.15, 0.2) is 46.0 Å². The third kappa shape index (κ3) is 4.17. The second-order valence-electron chi connectivity index (χ2n) is 10.5. The molecule has 2 aliphatic rings. The van der Waals surface area contributed by atoms with E-state index in [1.165, 1.54) is 0 Å². The number of hydrogen-bond donors (Lipinski definition) is 4. The van der Waals surface area contributed by atoms with Crippen molar-refractivity contribution in [3.8, 4) is 0 Å². The summed E-state index contributed by atoms with van der Waals surface area (Å²) in [6.07, 6.45) is 3.98. The van der Waals surface area contributed by atoms with Gasteiger partial charge in [0.25, 0.3) is 0 Å². The van der Waals surface area contributed by atoms with Gasteiger partial charge in [0.2, 0.25) is 0 Å². The molecule has 2 atom stereocenters. The average molecular weight is 377 g/mol. The molecule has 152 valence electrons. The third-order valence-electron chi connectivity index (χ3n) is 5.76. The first kappa shape index (κ1) is 21.8. The summed E-state index contributed by atoms with van der Waals surface area (Å²) in [7, 11) is 0. The second-order valence-corrected chi connectivity index (χ2v) is 10.5. The molecule has 4 nitrogen and oxygen atoms in total. The van der Waals surface area contributed by atoms with Gasteiger partial charge in [-0.3, -0.25) is 0 Å². The highest BCUT2D eigenvalue weighted by atomic mass is 16.3. The summed E-state index contributed by atoms with van der Waals surface area (Å²) in [5.74, 6) is 0.390. The largest absolute Gasteiger partial charge is 0.508 e. The Morgan fingerprint density at radius 2 is 1.04 bits per heavy atom. The standard InChI is InChI=1S/C23H36O4/c1-14-11-22(26,18(9-16(14)24)20(3,4)5)13-23(27)12-15(2)17(25)10-19(23)21(6,7)8/h9-10,24-27H,11-13H2,1-8H3. The minimum Gasteiger partial charge on any atom is -0.508 e. The van der Waals surface area contributed by atoms with Gasteiger partial charge in [0, 0.05) is 19.3 Å². The Bertz CT molecular complexity index is 688. The molecule has 0 bridgehead atoms. The summed E-state index contributed by atoms with van der Waals surface area (Å²) in [6, 6.07) is 0. The molecule has 0 aliphatic heterocycles. The van der Waals surface area contributed by atoms with Crippen molar-refractivity contribution in [2.45, 2.75) is 85.9 Å². The monoisotopic (exact) mass is 376 g/mol. The normalized spacial score (nSPS) is 30.4. The fourth-order valence-electron chi connectivity index (χ4n) is 4.67. The molecule has 0 aromatic heterocycles. The van der Waals surface area contributed by atoms with E-state index in [2.05, 4.69) is 0 Å². The lowest BCUT2D eigenvalue weighted by molar-refractivity contribution is -0.0435. The van der Waals surface area contributed by atoms with Crippen LogP contribution in [0.4, 0.5) is 0 Å². The topological polar surface area (TPSA) is 80.9 Å². The quantitative estimate of drug-likeness (QED) is 0.530. The van der Waals surface area contributed by atoms with Crippen LogP contribution in [0, 0.1) is 10.8 Å². The van der Waals surface area contributed by atoms with Gasteiger partial charge in [0.05, 0.1) is 11.2 Å². The van der Waals surface area contributed by atoms with Crippen molar-refractivity contribution in [1.82, 2.24) is 0 Å². The SMILES string of the molecule is CC1=C(O)C=C(C(C)(C)C)C(O)(CC2(O)CC(C)=C(O)C=C2C(C)(C)C)C1. The molecule has 4 N–H and O–H groups in total. The van der Waals surface area contributed by atoms with Gasteiger partial charge in [-0.2, -0.15) is 0 Å². The van der Waals surface area contributed by atoms with Gasteiger partial charge >= 0.3 is 0 Å². The molecule has 2 aliphatic carbocycles. The van der Waals surface area contributed by atoms with E-state index in [4.69, 9.17) is 0 Å². The molecule has 0 amide bonds. The Morgan fingerprint density at radius 1 is 0.741 bits per heavy atom. The van der Waals surface area contributed by atoms with Crippen molar-refractivity contribution in [1.29, 1.82) is 0 Å². The minimum atomic E-state index is -1.28. The molecular formula is C23H36O4. The number of rotatable bonds is 2. The van der Waals surface area contributed by atoms with E-state index in [0.29, 0.717) is 11.1 Å². The van der Waals surface area contributed by atoms with Gasteiger partial charge in [-0.05, 0) is 59.1 Å². The zero-order valence-corrected chi connectivity index (χ0v) is 18.1. The fraction of sp³-hybridized carbons (Fsp3) is 0.652. The third-order valence-corrected chi connectivity index (χ3v) is 5.76. The van der Waals surface area contributed by atoms with Crippen molar-refractivity contribution in [3.05, 3.63) is 46.0 Å². The first-order valence-electron chi connectivity index (χ1n) is 9.67. The van der Waals surface area contributed by atoms with Crippen molar-refractivity contribution < 1.29 is 20.4 Å². The van der Waals surface area contributed by atoms with Crippen LogP contribution in [0.2, 0.25) is 0 Å². The van der Waals surface area contributed by atoms with Crippen molar-refractivity contribution in [2.24, 2.45) is 10.8 Å². The summed E-state index contributed by atoms with van der Waals surface area (Å²) >= 11 is 0. The van der Waals surface area contributed by atoms with Crippen LogP contribution in [-0.4, -0.2) is 31.6 Å². The maximum atomic E-state index is 11.7. The van der Waals surface area contributed by atoms with Crippen molar-refractivity contribution in [3.63, 3.8) is 0 Å². The maximum absolute atomic E-state index is 11.7. The van der Waals surface area contributed by atoms with Gasteiger partial charge in [-0.1, -0.05) is 41.5 Å². The number of allylic oxidation sites excluding steroid dienone is 2. The summed E-state index contributed by atoms with van der Waals surface area (Å²) < 4.78 is 0. The summed E-state index contributed by atoms with van der Waals surface area (Å²) in [4.78, 5) is 0. The van der Waals surface area contributed by atoms with Crippen LogP contribution in [0.25, 0.3) is 0 Å². The van der Waals surface area contributed by atoms with Gasteiger partial charge in [-0.25, -0.2) is 0 Å². The van der Waals surface area contributed by atoms with Crippen LogP contribution < -0.4 is 0 Å². The number of aliphatic hydroxyl groups excluding tert-OH is 2. The predicted molar refractivity (Wildman–Crippen MR) is 109 cm³/mol. The predicted octanol–water partition coefficient (Wildman–Crippen LogP) is 5.26. The zero-order valence-electron chi connectivity index (χ0n) is 18.1. The van der Waals surface area contributed by atoms with Crippen LogP contribution in [-0.2, 0) is 0 Å². The van der Waals surface area contributed by atoms with E-state index >= 15 is 0 Å². The Balaban J connectivity index is 2.56. The van der Waals surface area contributed by atoms with Crippen LogP contribution in [0.3, 0.4) is 0 Å². The molecule has 0 saturated carbocycles. The summed E-state index contributed by atoms with van der Waals surface area (Å²) in [5, 5.41) is 44.0. The zero-order chi connectivity index (χ0) is 21.0. The first-order chi connectivity index (χ1) is 12.0. The lowest BCUT2D eigenvalue weighted by atomic mass is 9.62. The van der Waals surface area contributed by atoms with Crippen molar-refractivity contribution >= 4 is 0 Å². The second kappa shape index (κ2) is 6.52. The first-order valence-corrected chi connectivity index (χ1v) is 9.67. The molecule has 2 unspecified atom stereocenters. The molecule has 0 aromatic carbocycles. The fourth-order valence-corrected chi connectivity index (χ4v) is 4.67. The minimum absolute atomic E-state index is 0.113. The molecule has 2 rings (SSSR count). The van der Waals surface area contributed by atoms with E-state index in [9.17, 15) is 20.4 Å². The number of hydrogen-bond acceptors (Lipinski definition) is 4. The van der Waals surface area contributed by atoms with E-state index in [0.717, 1.165) is 11.1 Å². The van der Waals surface area contributed by atoms with E-state index < -0.39 is 11.2 Å². The van der Waals surface area contributed by atoms with Gasteiger partial charge in [-0.15, -0.1) is 0 Å². The van der Waals surface area contributed by atoms with Gasteiger partial charge in [0.15, 0.2) is 0 Å². The molecule has 0 aromatic rings. The molecule has 27 heavy (non-hydrogen) atoms. The Labute approximate surface area is 163 Å². The van der Waals surface area contributed by atoms with Crippen LogP contribution in [0.5, 0.6) is 0 Å². The lowest BCUT2D eigenvalue weighted by Gasteiger charge is -2.48. The number of aliphatic hydroxyl groups is 4. The van der Waals surface area contributed by atoms with Gasteiger partial charge in [0.1, 0.15) is 11.5 Å². The summed E-state index contributed by atoms with van der Waals surface area (Å²) in [5.41, 5.74) is -0.433. The van der Waals surface area contributed by atoms with Crippen LogP contribution >= 0.6 is 0 Å². The summed E-state index contributed by atoms with van der Waals surface area (Å²) in [6.45, 7) is 15.6. The smallest absolute Gasteiger partial charge is 0.114 e. The molecular weight excluding hydrogens is 340 g/mol. The van der Waals surface area contributed by atoms with Gasteiger partial charge < -0.3 is 20.4 Å². The molecule has 0 saturated heterocycles. The maximum Gasteiger partial charge on any atom is 0.114 e. The van der Waals surface area contributed by atoms with E-state index in [-0.39, 0.29) is 41.6 Å². The lowest BCUT2D eigenvalue weighted by Crippen LogP contribution is -2.50. The highest BCUT2D eigenvalue weighted by Gasteiger charge is 2.50. The Kier molecular flexibility index (Phi) is 5.26. The molecule has 4 heteroatoms. The van der Waals surface area contributed by atoms with E-state index in [1.54, 1.807) is 26.0 Å². The van der Waals surface area contributed by atoms with Crippen molar-refractivity contribution in [2.75, 3.05) is 0 Å². The molecule has 0 heterocycles. The Morgan fingerprint density at radius 3 is 1.30 bits per heavy atom. The van der Waals surface area contributed by atoms with E-state index in [1.807, 2.05) is 41.5 Å². The van der Waals surface area contributed by atoms with Crippen LogP contribution in [0.1, 0.15) is 74.7 Å². The highest BCUT2D eigenvalue weighted by molar-refractivity contribution is 5.43. The molecule has 0 spiro atoms. The highest BCUT2D eigenvalue weighted by Crippen LogP contribution is 2.51.